The standard InChI is InChI=1S/C21H26FN7O3/c1-13(30)29-6-4-14(5-7-29)12-32-21-26-10-16(11-27-21)17-8-15(2-3-18(17)22)9-25-20(31)28-19(23)24/h2-3,8,10-11,14H,4-7,9,12H2,1H3,(H5,23,24,25,28,31). The van der Waals surface area contributed by atoms with Crippen molar-refractivity contribution < 1.29 is 18.7 Å². The number of amides is 3. The van der Waals surface area contributed by atoms with Crippen LogP contribution in [0.5, 0.6) is 6.01 Å². The maximum atomic E-state index is 14.3. The number of nitrogens with one attached hydrogen (secondary N) is 1. The van der Waals surface area contributed by atoms with Crippen molar-refractivity contribution in [3.8, 4) is 17.1 Å². The zero-order valence-electron chi connectivity index (χ0n) is 17.8. The van der Waals surface area contributed by atoms with Gasteiger partial charge in [-0.15, -0.1) is 0 Å². The molecule has 0 aliphatic carbocycles. The third kappa shape index (κ3) is 6.37. The first-order valence-electron chi connectivity index (χ1n) is 10.2. The van der Waals surface area contributed by atoms with Crippen molar-refractivity contribution in [2.45, 2.75) is 26.3 Å². The lowest BCUT2D eigenvalue weighted by molar-refractivity contribution is -0.130. The molecule has 1 aromatic carbocycles. The molecular weight excluding hydrogens is 417 g/mol. The predicted octanol–water partition coefficient (Wildman–Crippen LogP) is 1.40. The number of hydrogen-bond donors (Lipinski definition) is 3. The third-order valence-electron chi connectivity index (χ3n) is 5.15. The second-order valence-corrected chi connectivity index (χ2v) is 7.52. The van der Waals surface area contributed by atoms with Gasteiger partial charge in [-0.2, -0.15) is 4.99 Å². The summed E-state index contributed by atoms with van der Waals surface area (Å²) in [7, 11) is 0. The second kappa shape index (κ2) is 10.5. The number of urea groups is 1. The number of halogens is 1. The summed E-state index contributed by atoms with van der Waals surface area (Å²) < 4.78 is 20.0. The molecule has 32 heavy (non-hydrogen) atoms. The van der Waals surface area contributed by atoms with Gasteiger partial charge in [0.25, 0.3) is 0 Å². The van der Waals surface area contributed by atoms with E-state index in [2.05, 4.69) is 20.3 Å². The van der Waals surface area contributed by atoms with E-state index >= 15 is 0 Å². The molecule has 1 aliphatic heterocycles. The number of benzene rings is 1. The van der Waals surface area contributed by atoms with Crippen molar-refractivity contribution in [2.75, 3.05) is 19.7 Å². The Kier molecular flexibility index (Phi) is 7.53. The van der Waals surface area contributed by atoms with E-state index in [0.717, 1.165) is 25.9 Å². The van der Waals surface area contributed by atoms with Crippen molar-refractivity contribution >= 4 is 17.9 Å². The average molecular weight is 443 g/mol. The van der Waals surface area contributed by atoms with Gasteiger partial charge in [0.2, 0.25) is 5.91 Å². The van der Waals surface area contributed by atoms with Gasteiger partial charge in [0, 0.05) is 50.1 Å². The maximum Gasteiger partial charge on any atom is 0.344 e. The van der Waals surface area contributed by atoms with Crippen molar-refractivity contribution in [2.24, 2.45) is 22.4 Å². The number of carbonyl (C=O) groups is 2. The third-order valence-corrected chi connectivity index (χ3v) is 5.15. The van der Waals surface area contributed by atoms with E-state index in [1.165, 1.54) is 18.5 Å². The van der Waals surface area contributed by atoms with Crippen LogP contribution in [0.4, 0.5) is 9.18 Å². The van der Waals surface area contributed by atoms with E-state index in [1.54, 1.807) is 19.1 Å². The van der Waals surface area contributed by atoms with Crippen LogP contribution in [0.1, 0.15) is 25.3 Å². The smallest absolute Gasteiger partial charge is 0.344 e. The Balaban J connectivity index is 1.57. The fourth-order valence-corrected chi connectivity index (χ4v) is 3.37. The summed E-state index contributed by atoms with van der Waals surface area (Å²) in [6, 6.07) is 3.96. The minimum Gasteiger partial charge on any atom is -0.463 e. The Morgan fingerprint density at radius 1 is 1.25 bits per heavy atom. The normalized spacial score (nSPS) is 14.0. The first-order chi connectivity index (χ1) is 15.3. The van der Waals surface area contributed by atoms with E-state index in [4.69, 9.17) is 16.2 Å². The maximum absolute atomic E-state index is 14.3. The molecule has 0 saturated carbocycles. The van der Waals surface area contributed by atoms with Gasteiger partial charge >= 0.3 is 12.0 Å². The van der Waals surface area contributed by atoms with Gasteiger partial charge in [-0.3, -0.25) is 4.79 Å². The van der Waals surface area contributed by atoms with E-state index in [9.17, 15) is 14.0 Å². The number of likely N-dealkylation sites (tertiary alicyclic amines) is 1. The molecule has 2 heterocycles. The quantitative estimate of drug-likeness (QED) is 0.451. The monoisotopic (exact) mass is 443 g/mol. The number of rotatable bonds is 6. The lowest BCUT2D eigenvalue weighted by Crippen LogP contribution is -2.38. The Morgan fingerprint density at radius 2 is 1.94 bits per heavy atom. The molecule has 1 saturated heterocycles. The minimum atomic E-state index is -0.687. The van der Waals surface area contributed by atoms with Crippen LogP contribution in [0.2, 0.25) is 0 Å². The summed E-state index contributed by atoms with van der Waals surface area (Å²) in [5, 5.41) is 2.51. The summed E-state index contributed by atoms with van der Waals surface area (Å²) in [6.45, 7) is 3.61. The Morgan fingerprint density at radius 3 is 2.56 bits per heavy atom. The average Bonchev–Trinajstić information content (AvgIpc) is 2.77. The number of nitrogens with two attached hydrogens (primary N) is 2. The molecule has 0 bridgehead atoms. The first kappa shape index (κ1) is 22.9. The Hall–Kier alpha value is -3.76. The summed E-state index contributed by atoms with van der Waals surface area (Å²) >= 11 is 0. The van der Waals surface area contributed by atoms with E-state index < -0.39 is 11.8 Å². The molecule has 0 spiro atoms. The number of carbonyl (C=O) groups excluding carboxylic acids is 2. The summed E-state index contributed by atoms with van der Waals surface area (Å²) in [6.07, 6.45) is 4.71. The SMILES string of the molecule is CC(=O)N1CCC(COc2ncc(-c3cc(CNC(=O)N=C(N)N)ccc3F)cn2)CC1. The van der Waals surface area contributed by atoms with Crippen molar-refractivity contribution in [1.82, 2.24) is 20.2 Å². The largest absolute Gasteiger partial charge is 0.463 e. The topological polar surface area (TPSA) is 149 Å². The lowest BCUT2D eigenvalue weighted by atomic mass is 9.98. The molecule has 0 atom stereocenters. The number of piperidine rings is 1. The van der Waals surface area contributed by atoms with Crippen molar-refractivity contribution in [3.05, 3.63) is 42.0 Å². The van der Waals surface area contributed by atoms with Gasteiger partial charge in [0.05, 0.1) is 6.61 Å². The predicted molar refractivity (Wildman–Crippen MR) is 116 cm³/mol. The van der Waals surface area contributed by atoms with Crippen LogP contribution in [-0.2, 0) is 11.3 Å². The van der Waals surface area contributed by atoms with Crippen molar-refractivity contribution in [3.63, 3.8) is 0 Å². The van der Waals surface area contributed by atoms with Crippen molar-refractivity contribution in [1.29, 1.82) is 0 Å². The summed E-state index contributed by atoms with van der Waals surface area (Å²) in [5.74, 6) is -0.366. The van der Waals surface area contributed by atoms with Crippen LogP contribution in [0, 0.1) is 11.7 Å². The molecular formula is C21H26FN7O3. The van der Waals surface area contributed by atoms with Gasteiger partial charge < -0.3 is 26.4 Å². The van der Waals surface area contributed by atoms with E-state index in [0.29, 0.717) is 29.2 Å². The van der Waals surface area contributed by atoms with Crippen LogP contribution >= 0.6 is 0 Å². The fourth-order valence-electron chi connectivity index (χ4n) is 3.37. The molecule has 3 rings (SSSR count). The number of aromatic nitrogens is 2. The molecule has 2 aromatic rings. The minimum absolute atomic E-state index is 0.0933. The molecule has 0 radical (unpaired) electrons. The van der Waals surface area contributed by atoms with Crippen LogP contribution in [0.25, 0.3) is 11.1 Å². The van der Waals surface area contributed by atoms with Gasteiger partial charge in [-0.1, -0.05) is 6.07 Å². The zero-order valence-corrected chi connectivity index (χ0v) is 17.8. The highest BCUT2D eigenvalue weighted by Gasteiger charge is 2.21. The number of aliphatic imine (C=N–C) groups is 1. The fraction of sp³-hybridized carbons (Fsp3) is 0.381. The summed E-state index contributed by atoms with van der Waals surface area (Å²) in [5.41, 5.74) is 11.7. The van der Waals surface area contributed by atoms with Crippen LogP contribution in [0.15, 0.2) is 35.6 Å². The second-order valence-electron chi connectivity index (χ2n) is 7.52. The van der Waals surface area contributed by atoms with E-state index in [-0.39, 0.29) is 24.4 Å². The number of hydrogen-bond acceptors (Lipinski definition) is 5. The van der Waals surface area contributed by atoms with Gasteiger partial charge in [-0.25, -0.2) is 19.2 Å². The van der Waals surface area contributed by atoms with Crippen LogP contribution in [-0.4, -0.2) is 52.5 Å². The Bertz CT molecular complexity index is 985. The molecule has 1 aliphatic rings. The molecule has 1 fully saturated rings. The first-order valence-corrected chi connectivity index (χ1v) is 10.2. The molecule has 10 nitrogen and oxygen atoms in total. The highest BCUT2D eigenvalue weighted by Crippen LogP contribution is 2.24. The van der Waals surface area contributed by atoms with Gasteiger partial charge in [0.1, 0.15) is 5.82 Å². The molecule has 3 amide bonds. The zero-order chi connectivity index (χ0) is 23.1. The number of ether oxygens (including phenoxy) is 1. The van der Waals surface area contributed by atoms with Crippen LogP contribution in [0.3, 0.4) is 0 Å². The molecule has 0 unspecified atom stereocenters. The van der Waals surface area contributed by atoms with Gasteiger partial charge in [0.15, 0.2) is 5.96 Å². The van der Waals surface area contributed by atoms with E-state index in [1.807, 2.05) is 4.90 Å². The summed E-state index contributed by atoms with van der Waals surface area (Å²) in [4.78, 5) is 36.5. The molecule has 5 N–H and O–H groups in total. The lowest BCUT2D eigenvalue weighted by Gasteiger charge is -2.30. The molecule has 1 aromatic heterocycles. The van der Waals surface area contributed by atoms with Crippen LogP contribution < -0.4 is 21.5 Å². The van der Waals surface area contributed by atoms with Gasteiger partial charge in [-0.05, 0) is 36.5 Å². The molecule has 170 valence electrons. The number of nitrogens with zero attached hydrogens (tertiary/aromatic N) is 4. The highest BCUT2D eigenvalue weighted by molar-refractivity contribution is 5.90. The number of guanidine groups is 1. The highest BCUT2D eigenvalue weighted by atomic mass is 19.1. The Labute approximate surface area is 184 Å². The molecule has 11 heteroatoms.